The summed E-state index contributed by atoms with van der Waals surface area (Å²) >= 11 is 0. The molecule has 0 N–H and O–H groups in total. The zero-order valence-corrected chi connectivity index (χ0v) is 37.7. The van der Waals surface area contributed by atoms with Gasteiger partial charge in [-0.3, -0.25) is 9.98 Å². The summed E-state index contributed by atoms with van der Waals surface area (Å²) in [6.45, 7) is 5.79. The van der Waals surface area contributed by atoms with E-state index in [0.29, 0.717) is 47.3 Å². The van der Waals surface area contributed by atoms with Crippen LogP contribution in [0.2, 0.25) is 0 Å². The first-order valence-electron chi connectivity index (χ1n) is 23.0. The maximum absolute atomic E-state index is 12.8. The van der Waals surface area contributed by atoms with Crippen LogP contribution in [-0.2, 0) is 0 Å². The third-order valence-electron chi connectivity index (χ3n) is 10.5. The summed E-state index contributed by atoms with van der Waals surface area (Å²) in [6.07, 6.45) is 18.0. The summed E-state index contributed by atoms with van der Waals surface area (Å²) in [4.78, 5) is 34.7. The highest BCUT2D eigenvalue weighted by atomic mass is 16.5. The van der Waals surface area contributed by atoms with E-state index in [1.807, 2.05) is 72.8 Å². The molecule has 0 aliphatic carbocycles. The molecular formula is C56H60N2O7. The molecule has 9 heteroatoms. The van der Waals surface area contributed by atoms with Gasteiger partial charge >= 0.3 is 11.9 Å². The Kier molecular flexibility index (Phi) is 19.4. The molecule has 6 aromatic carbocycles. The van der Waals surface area contributed by atoms with E-state index in [4.69, 9.17) is 23.7 Å². The number of benzene rings is 6. The quantitative estimate of drug-likeness (QED) is 0.0231. The standard InChI is InChI=1S/C56H60N2O7/c1-3-5-7-9-11-13-38-61-49-32-22-45(23-33-49)55(59)64-52-28-18-43(19-29-52)41-57-47-26-36-51(37-27-47)63-54-17-15-16-48(40-54)58-42-44-20-30-53(31-21-44)65-56(60)46-24-34-50(35-25-46)62-39-14-12-10-8-6-4-2/h15-37,40-42H,3-14,38-39H2,1-2H3. The Labute approximate surface area is 384 Å². The first-order chi connectivity index (χ1) is 31.9. The molecule has 0 aromatic heterocycles. The molecule has 0 fully saturated rings. The molecule has 6 aromatic rings. The van der Waals surface area contributed by atoms with E-state index in [9.17, 15) is 9.59 Å². The molecule has 0 radical (unpaired) electrons. The van der Waals surface area contributed by atoms with E-state index in [0.717, 1.165) is 46.8 Å². The van der Waals surface area contributed by atoms with Crippen molar-refractivity contribution in [1.82, 2.24) is 0 Å². The zero-order chi connectivity index (χ0) is 45.3. The van der Waals surface area contributed by atoms with E-state index >= 15 is 0 Å². The molecule has 9 nitrogen and oxygen atoms in total. The van der Waals surface area contributed by atoms with Gasteiger partial charge in [0.05, 0.1) is 35.7 Å². The van der Waals surface area contributed by atoms with Gasteiger partial charge in [0, 0.05) is 18.5 Å². The average molecular weight is 873 g/mol. The molecule has 0 heterocycles. The topological polar surface area (TPSA) is 105 Å². The summed E-state index contributed by atoms with van der Waals surface area (Å²) in [5, 5.41) is 0. The third-order valence-corrected chi connectivity index (χ3v) is 10.5. The molecule has 0 saturated heterocycles. The normalized spacial score (nSPS) is 11.2. The number of rotatable bonds is 26. The van der Waals surface area contributed by atoms with Crippen molar-refractivity contribution in [3.05, 3.63) is 168 Å². The van der Waals surface area contributed by atoms with Crippen LogP contribution in [0.25, 0.3) is 0 Å². The Balaban J connectivity index is 0.905. The minimum absolute atomic E-state index is 0.429. The van der Waals surface area contributed by atoms with Crippen LogP contribution in [0.4, 0.5) is 11.4 Å². The highest BCUT2D eigenvalue weighted by molar-refractivity contribution is 5.92. The van der Waals surface area contributed by atoms with E-state index in [1.54, 1.807) is 85.2 Å². The number of aliphatic imine (C=N–C) groups is 2. The Hall–Kier alpha value is -7.00. The predicted molar refractivity (Wildman–Crippen MR) is 261 cm³/mol. The number of hydrogen-bond acceptors (Lipinski definition) is 9. The Bertz CT molecular complexity index is 2390. The number of esters is 2. The summed E-state index contributed by atoms with van der Waals surface area (Å²) in [5.41, 5.74) is 4.09. The second-order valence-electron chi connectivity index (χ2n) is 15.8. The van der Waals surface area contributed by atoms with Gasteiger partial charge in [-0.05, 0) is 157 Å². The molecule has 0 aliphatic rings. The molecule has 0 unspecified atom stereocenters. The molecule has 0 amide bonds. The van der Waals surface area contributed by atoms with Crippen molar-refractivity contribution in [3.63, 3.8) is 0 Å². The Morgan fingerprint density at radius 3 is 1.31 bits per heavy atom. The Morgan fingerprint density at radius 2 is 0.831 bits per heavy atom. The van der Waals surface area contributed by atoms with Gasteiger partial charge in [0.15, 0.2) is 0 Å². The molecule has 0 aliphatic heterocycles. The van der Waals surface area contributed by atoms with Crippen LogP contribution in [-0.4, -0.2) is 37.6 Å². The number of carbonyl (C=O) groups excluding carboxylic acids is 2. The van der Waals surface area contributed by atoms with Gasteiger partial charge in [0.1, 0.15) is 34.5 Å². The predicted octanol–water partition coefficient (Wildman–Crippen LogP) is 14.9. The summed E-state index contributed by atoms with van der Waals surface area (Å²) in [5.74, 6) is 2.83. The zero-order valence-electron chi connectivity index (χ0n) is 37.7. The van der Waals surface area contributed by atoms with Crippen LogP contribution >= 0.6 is 0 Å². The van der Waals surface area contributed by atoms with E-state index in [-0.39, 0.29) is 0 Å². The molecule has 0 spiro atoms. The maximum Gasteiger partial charge on any atom is 0.343 e. The number of carbonyl (C=O) groups is 2. The summed E-state index contributed by atoms with van der Waals surface area (Å²) in [6, 6.07) is 43.5. The van der Waals surface area contributed by atoms with Gasteiger partial charge in [-0.2, -0.15) is 0 Å². The van der Waals surface area contributed by atoms with Gasteiger partial charge in [-0.1, -0.05) is 84.1 Å². The maximum atomic E-state index is 12.8. The smallest absolute Gasteiger partial charge is 0.343 e. The molecule has 0 bridgehead atoms. The van der Waals surface area contributed by atoms with Crippen molar-refractivity contribution in [2.45, 2.75) is 90.9 Å². The minimum Gasteiger partial charge on any atom is -0.494 e. The number of unbranched alkanes of at least 4 members (excludes halogenated alkanes) is 10. The highest BCUT2D eigenvalue weighted by Gasteiger charge is 2.11. The van der Waals surface area contributed by atoms with Crippen LogP contribution < -0.4 is 23.7 Å². The lowest BCUT2D eigenvalue weighted by Gasteiger charge is -2.08. The van der Waals surface area contributed by atoms with Gasteiger partial charge in [-0.15, -0.1) is 0 Å². The first kappa shape index (κ1) is 47.5. The second kappa shape index (κ2) is 26.6. The summed E-state index contributed by atoms with van der Waals surface area (Å²) < 4.78 is 29.0. The van der Waals surface area contributed by atoms with E-state index < -0.39 is 11.9 Å². The van der Waals surface area contributed by atoms with Crippen LogP contribution in [0, 0.1) is 0 Å². The van der Waals surface area contributed by atoms with Crippen LogP contribution in [0.3, 0.4) is 0 Å². The van der Waals surface area contributed by atoms with Crippen LogP contribution in [0.15, 0.2) is 156 Å². The molecule has 65 heavy (non-hydrogen) atoms. The fourth-order valence-corrected chi connectivity index (χ4v) is 6.76. The van der Waals surface area contributed by atoms with Gasteiger partial charge < -0.3 is 23.7 Å². The monoisotopic (exact) mass is 872 g/mol. The average Bonchev–Trinajstić information content (AvgIpc) is 3.34. The highest BCUT2D eigenvalue weighted by Crippen LogP contribution is 2.28. The molecule has 6 rings (SSSR count). The van der Waals surface area contributed by atoms with E-state index in [2.05, 4.69) is 23.8 Å². The van der Waals surface area contributed by atoms with Gasteiger partial charge in [0.2, 0.25) is 0 Å². The fourth-order valence-electron chi connectivity index (χ4n) is 6.76. The van der Waals surface area contributed by atoms with Crippen molar-refractivity contribution in [1.29, 1.82) is 0 Å². The largest absolute Gasteiger partial charge is 0.494 e. The number of nitrogens with zero attached hydrogens (tertiary/aromatic N) is 2. The van der Waals surface area contributed by atoms with Crippen molar-refractivity contribution >= 4 is 35.7 Å². The SMILES string of the molecule is CCCCCCCCOc1ccc(C(=O)Oc2ccc(C=Nc3ccc(Oc4cccc(N=Cc5ccc(OC(=O)c6ccc(OCCCCCCCC)cc6)cc5)c4)cc3)cc2)cc1. The first-order valence-corrected chi connectivity index (χ1v) is 23.0. The lowest BCUT2D eigenvalue weighted by atomic mass is 10.1. The minimum atomic E-state index is -0.431. The van der Waals surface area contributed by atoms with Crippen molar-refractivity contribution < 1.29 is 33.3 Å². The lowest BCUT2D eigenvalue weighted by Crippen LogP contribution is -2.08. The van der Waals surface area contributed by atoms with Gasteiger partial charge in [0.25, 0.3) is 0 Å². The molecule has 336 valence electrons. The van der Waals surface area contributed by atoms with Crippen molar-refractivity contribution in [3.8, 4) is 34.5 Å². The number of hydrogen-bond donors (Lipinski definition) is 0. The van der Waals surface area contributed by atoms with Gasteiger partial charge in [-0.25, -0.2) is 9.59 Å². The van der Waals surface area contributed by atoms with Crippen LogP contribution in [0.5, 0.6) is 34.5 Å². The van der Waals surface area contributed by atoms with Crippen molar-refractivity contribution in [2.75, 3.05) is 13.2 Å². The second-order valence-corrected chi connectivity index (χ2v) is 15.8. The Morgan fingerprint density at radius 1 is 0.415 bits per heavy atom. The molecule has 0 atom stereocenters. The molecule has 0 saturated carbocycles. The van der Waals surface area contributed by atoms with Crippen molar-refractivity contribution in [2.24, 2.45) is 9.98 Å². The molecular weight excluding hydrogens is 813 g/mol. The van der Waals surface area contributed by atoms with Crippen LogP contribution in [0.1, 0.15) is 123 Å². The summed E-state index contributed by atoms with van der Waals surface area (Å²) in [7, 11) is 0. The lowest BCUT2D eigenvalue weighted by molar-refractivity contribution is 0.0725. The fraction of sp³-hybridized carbons (Fsp3) is 0.286. The third kappa shape index (κ3) is 16.9. The number of ether oxygens (including phenoxy) is 5. The van der Waals surface area contributed by atoms with E-state index in [1.165, 1.54) is 64.2 Å².